The van der Waals surface area contributed by atoms with E-state index in [0.717, 1.165) is 0 Å². The maximum absolute atomic E-state index is 10.6. The summed E-state index contributed by atoms with van der Waals surface area (Å²) >= 11 is 0. The first-order valence-corrected chi connectivity index (χ1v) is 6.00. The van der Waals surface area contributed by atoms with E-state index in [1.54, 1.807) is 20.8 Å². The highest BCUT2D eigenvalue weighted by Crippen LogP contribution is 1.93. The fraction of sp³-hybridized carbons (Fsp3) is 0.692. The van der Waals surface area contributed by atoms with Crippen molar-refractivity contribution in [3.05, 3.63) is 0 Å². The van der Waals surface area contributed by atoms with E-state index in [-0.39, 0.29) is 30.5 Å². The van der Waals surface area contributed by atoms with Gasteiger partial charge in [-0.3, -0.25) is 19.2 Å². The van der Waals surface area contributed by atoms with E-state index in [2.05, 4.69) is 4.74 Å². The van der Waals surface area contributed by atoms with Crippen molar-refractivity contribution < 1.29 is 28.7 Å². The van der Waals surface area contributed by atoms with Gasteiger partial charge in [0.2, 0.25) is 0 Å². The molecular formula is C13H22O6. The molecule has 0 atom stereocenters. The largest absolute Gasteiger partial charge is 0.469 e. The minimum Gasteiger partial charge on any atom is -0.469 e. The Kier molecular flexibility index (Phi) is 11.7. The summed E-state index contributed by atoms with van der Waals surface area (Å²) < 4.78 is 8.96. The van der Waals surface area contributed by atoms with Crippen LogP contribution in [-0.4, -0.2) is 36.7 Å². The van der Waals surface area contributed by atoms with Gasteiger partial charge in [0.25, 0.3) is 0 Å². The molecule has 0 rings (SSSR count). The molecule has 0 aliphatic rings. The van der Waals surface area contributed by atoms with E-state index in [0.29, 0.717) is 6.42 Å². The molecule has 0 radical (unpaired) electrons. The van der Waals surface area contributed by atoms with Gasteiger partial charge in [0.15, 0.2) is 0 Å². The molecule has 0 bridgehead atoms. The molecule has 0 unspecified atom stereocenters. The second-order valence-corrected chi connectivity index (χ2v) is 4.06. The van der Waals surface area contributed by atoms with E-state index >= 15 is 0 Å². The minimum absolute atomic E-state index is 0.0816. The normalized spacial score (nSPS) is 9.16. The van der Waals surface area contributed by atoms with Gasteiger partial charge in [-0.05, 0) is 20.8 Å². The molecule has 0 N–H and O–H groups in total. The molecule has 0 aromatic heterocycles. The molecular weight excluding hydrogens is 252 g/mol. The first kappa shape index (κ1) is 19.6. The van der Waals surface area contributed by atoms with Crippen LogP contribution >= 0.6 is 0 Å². The molecule has 0 fully saturated rings. The SMILES string of the molecule is CC(=O)CC(=O)OC(C)C.CCC(=O)CC(=O)OC. The van der Waals surface area contributed by atoms with Crippen LogP contribution in [-0.2, 0) is 28.7 Å². The summed E-state index contributed by atoms with van der Waals surface area (Å²) in [6.45, 7) is 6.57. The second kappa shape index (κ2) is 11.4. The van der Waals surface area contributed by atoms with Gasteiger partial charge in [0, 0.05) is 6.42 Å². The maximum Gasteiger partial charge on any atom is 0.313 e. The van der Waals surface area contributed by atoms with Crippen LogP contribution in [0.5, 0.6) is 0 Å². The number of hydrogen-bond acceptors (Lipinski definition) is 6. The van der Waals surface area contributed by atoms with Gasteiger partial charge in [-0.2, -0.15) is 0 Å². The molecule has 19 heavy (non-hydrogen) atoms. The summed E-state index contributed by atoms with van der Waals surface area (Å²) in [7, 11) is 1.27. The Hall–Kier alpha value is -1.72. The predicted molar refractivity (Wildman–Crippen MR) is 68.5 cm³/mol. The molecule has 6 nitrogen and oxygen atoms in total. The average molecular weight is 274 g/mol. The molecule has 6 heteroatoms. The van der Waals surface area contributed by atoms with Crippen LogP contribution in [0.4, 0.5) is 0 Å². The molecule has 0 aliphatic carbocycles. The number of rotatable bonds is 6. The fourth-order valence-corrected chi connectivity index (χ4v) is 0.866. The minimum atomic E-state index is -0.457. The Morgan fingerprint density at radius 1 is 1.00 bits per heavy atom. The lowest BCUT2D eigenvalue weighted by atomic mass is 10.2. The number of ether oxygens (including phenoxy) is 2. The van der Waals surface area contributed by atoms with Crippen LogP contribution < -0.4 is 0 Å². The van der Waals surface area contributed by atoms with Crippen molar-refractivity contribution in [2.75, 3.05) is 7.11 Å². The smallest absolute Gasteiger partial charge is 0.313 e. The lowest BCUT2D eigenvalue weighted by molar-refractivity contribution is -0.149. The Balaban J connectivity index is 0. The summed E-state index contributed by atoms with van der Waals surface area (Å²) in [5.41, 5.74) is 0. The van der Waals surface area contributed by atoms with Crippen molar-refractivity contribution in [1.29, 1.82) is 0 Å². The highest BCUT2D eigenvalue weighted by atomic mass is 16.5. The molecule has 0 heterocycles. The van der Waals surface area contributed by atoms with Crippen molar-refractivity contribution in [3.8, 4) is 0 Å². The zero-order chi connectivity index (χ0) is 15.4. The predicted octanol–water partition coefficient (Wildman–Crippen LogP) is 1.45. The first-order chi connectivity index (χ1) is 8.72. The standard InChI is InChI=1S/C7H12O3.C6H10O3/c1-5(2)10-7(9)4-6(3)8;1-3-5(7)4-6(8)9-2/h5H,4H2,1-3H3;3-4H2,1-2H3. The second-order valence-electron chi connectivity index (χ2n) is 4.06. The van der Waals surface area contributed by atoms with Crippen LogP contribution in [0.2, 0.25) is 0 Å². The fourth-order valence-electron chi connectivity index (χ4n) is 0.866. The molecule has 0 aromatic rings. The Labute approximate surface area is 113 Å². The van der Waals surface area contributed by atoms with Crippen molar-refractivity contribution >= 4 is 23.5 Å². The van der Waals surface area contributed by atoms with E-state index in [4.69, 9.17) is 4.74 Å². The summed E-state index contributed by atoms with van der Waals surface area (Å²) in [5, 5.41) is 0. The summed E-state index contributed by atoms with van der Waals surface area (Å²) in [6.07, 6.45) is 0.0622. The van der Waals surface area contributed by atoms with E-state index in [9.17, 15) is 19.2 Å². The van der Waals surface area contributed by atoms with Crippen LogP contribution in [0.1, 0.15) is 47.0 Å². The average Bonchev–Trinajstić information content (AvgIpc) is 2.27. The van der Waals surface area contributed by atoms with E-state index in [1.165, 1.54) is 14.0 Å². The summed E-state index contributed by atoms with van der Waals surface area (Å²) in [4.78, 5) is 41.8. The topological polar surface area (TPSA) is 86.7 Å². The van der Waals surface area contributed by atoms with E-state index < -0.39 is 11.9 Å². The van der Waals surface area contributed by atoms with Gasteiger partial charge in [-0.1, -0.05) is 6.92 Å². The highest BCUT2D eigenvalue weighted by Gasteiger charge is 2.07. The van der Waals surface area contributed by atoms with Crippen molar-refractivity contribution in [2.24, 2.45) is 0 Å². The molecule has 0 saturated heterocycles. The van der Waals surface area contributed by atoms with Gasteiger partial charge in [0.1, 0.15) is 24.4 Å². The van der Waals surface area contributed by atoms with Crippen molar-refractivity contribution in [2.45, 2.75) is 53.1 Å². The number of methoxy groups -OCH3 is 1. The third-order valence-electron chi connectivity index (χ3n) is 1.72. The summed E-state index contributed by atoms with van der Waals surface area (Å²) in [6, 6.07) is 0. The Morgan fingerprint density at radius 2 is 1.53 bits per heavy atom. The van der Waals surface area contributed by atoms with Crippen molar-refractivity contribution in [1.82, 2.24) is 0 Å². The van der Waals surface area contributed by atoms with Gasteiger partial charge in [-0.15, -0.1) is 0 Å². The third kappa shape index (κ3) is 16.3. The van der Waals surface area contributed by atoms with Gasteiger partial charge in [-0.25, -0.2) is 0 Å². The van der Waals surface area contributed by atoms with Crippen molar-refractivity contribution in [3.63, 3.8) is 0 Å². The van der Waals surface area contributed by atoms with Crippen LogP contribution in [0.3, 0.4) is 0 Å². The number of hydrogen-bond donors (Lipinski definition) is 0. The Bertz CT molecular complexity index is 305. The van der Waals surface area contributed by atoms with Crippen LogP contribution in [0.15, 0.2) is 0 Å². The molecule has 0 spiro atoms. The lowest BCUT2D eigenvalue weighted by Gasteiger charge is -2.05. The van der Waals surface area contributed by atoms with E-state index in [1.807, 2.05) is 0 Å². The first-order valence-electron chi connectivity index (χ1n) is 6.00. The van der Waals surface area contributed by atoms with Crippen LogP contribution in [0, 0.1) is 0 Å². The third-order valence-corrected chi connectivity index (χ3v) is 1.72. The highest BCUT2D eigenvalue weighted by molar-refractivity contribution is 5.95. The number of esters is 2. The number of Topliss-reactive ketones (excluding diaryl/α,β-unsaturated/α-hetero) is 2. The lowest BCUT2D eigenvalue weighted by Crippen LogP contribution is -2.13. The maximum atomic E-state index is 10.6. The Morgan fingerprint density at radius 3 is 1.84 bits per heavy atom. The molecule has 0 aromatic carbocycles. The van der Waals surface area contributed by atoms with Gasteiger partial charge >= 0.3 is 11.9 Å². The monoisotopic (exact) mass is 274 g/mol. The van der Waals surface area contributed by atoms with Gasteiger partial charge < -0.3 is 9.47 Å². The van der Waals surface area contributed by atoms with Crippen LogP contribution in [0.25, 0.3) is 0 Å². The molecule has 0 aliphatic heterocycles. The molecule has 0 saturated carbocycles. The zero-order valence-electron chi connectivity index (χ0n) is 12.1. The quantitative estimate of drug-likeness (QED) is 0.538. The number of ketones is 2. The molecule has 110 valence electrons. The zero-order valence-corrected chi connectivity index (χ0v) is 12.1. The molecule has 0 amide bonds. The van der Waals surface area contributed by atoms with Gasteiger partial charge in [0.05, 0.1) is 13.2 Å². The number of carbonyl (C=O) groups excluding carboxylic acids is 4. The number of carbonyl (C=O) groups is 4. The summed E-state index contributed by atoms with van der Waals surface area (Å²) in [5.74, 6) is -1.14.